The normalized spacial score (nSPS) is 11.1. The van der Waals surface area contributed by atoms with Gasteiger partial charge in [0.25, 0.3) is 0 Å². The van der Waals surface area contributed by atoms with Gasteiger partial charge in [0.1, 0.15) is 6.61 Å². The SMILES string of the molecule is COCCOc1cc(NC(=O)CSC(F)(F)F)ccc1OC. The summed E-state index contributed by atoms with van der Waals surface area (Å²) in [6, 6.07) is 4.54. The maximum atomic E-state index is 12.0. The van der Waals surface area contributed by atoms with Gasteiger partial charge in [-0.3, -0.25) is 4.79 Å². The third kappa shape index (κ3) is 6.90. The van der Waals surface area contributed by atoms with E-state index < -0.39 is 28.9 Å². The molecular weight excluding hydrogens is 323 g/mol. The molecular formula is C13H16F3NO4S. The maximum Gasteiger partial charge on any atom is 0.442 e. The summed E-state index contributed by atoms with van der Waals surface area (Å²) in [7, 11) is 2.98. The number of anilines is 1. The summed E-state index contributed by atoms with van der Waals surface area (Å²) < 4.78 is 51.4. The van der Waals surface area contributed by atoms with Gasteiger partial charge in [-0.25, -0.2) is 0 Å². The van der Waals surface area contributed by atoms with Gasteiger partial charge in [-0.05, 0) is 23.9 Å². The van der Waals surface area contributed by atoms with Crippen LogP contribution < -0.4 is 14.8 Å². The van der Waals surface area contributed by atoms with Crippen LogP contribution in [0, 0.1) is 0 Å². The lowest BCUT2D eigenvalue weighted by Gasteiger charge is -2.13. The van der Waals surface area contributed by atoms with E-state index in [-0.39, 0.29) is 6.61 Å². The van der Waals surface area contributed by atoms with Crippen molar-refractivity contribution in [3.63, 3.8) is 0 Å². The highest BCUT2D eigenvalue weighted by Crippen LogP contribution is 2.32. The van der Waals surface area contributed by atoms with E-state index in [0.717, 1.165) is 0 Å². The molecule has 0 spiro atoms. The number of carbonyl (C=O) groups excluding carboxylic acids is 1. The van der Waals surface area contributed by atoms with Crippen molar-refractivity contribution >= 4 is 23.4 Å². The van der Waals surface area contributed by atoms with Gasteiger partial charge in [0.2, 0.25) is 5.91 Å². The fourth-order valence-electron chi connectivity index (χ4n) is 1.45. The van der Waals surface area contributed by atoms with Crippen molar-refractivity contribution in [2.75, 3.05) is 38.5 Å². The summed E-state index contributed by atoms with van der Waals surface area (Å²) in [5.74, 6) is -0.662. The molecule has 1 N–H and O–H groups in total. The molecule has 22 heavy (non-hydrogen) atoms. The lowest BCUT2D eigenvalue weighted by Crippen LogP contribution is -2.17. The smallest absolute Gasteiger partial charge is 0.442 e. The Kier molecular flexibility index (Phi) is 7.33. The summed E-state index contributed by atoms with van der Waals surface area (Å²) in [6.45, 7) is 0.635. The summed E-state index contributed by atoms with van der Waals surface area (Å²) in [6.07, 6.45) is 0. The average Bonchev–Trinajstić information content (AvgIpc) is 2.45. The van der Waals surface area contributed by atoms with E-state index in [4.69, 9.17) is 14.2 Å². The molecule has 9 heteroatoms. The summed E-state index contributed by atoms with van der Waals surface area (Å²) in [5, 5.41) is 2.37. The quantitative estimate of drug-likeness (QED) is 0.738. The molecule has 5 nitrogen and oxygen atoms in total. The van der Waals surface area contributed by atoms with Gasteiger partial charge >= 0.3 is 5.51 Å². The fourth-order valence-corrected chi connectivity index (χ4v) is 1.81. The monoisotopic (exact) mass is 339 g/mol. The molecule has 1 aromatic carbocycles. The Balaban J connectivity index is 2.66. The van der Waals surface area contributed by atoms with Crippen LogP contribution in [0.4, 0.5) is 18.9 Å². The van der Waals surface area contributed by atoms with Crippen LogP contribution in [0.2, 0.25) is 0 Å². The Hall–Kier alpha value is -1.61. The molecule has 0 bridgehead atoms. The summed E-state index contributed by atoms with van der Waals surface area (Å²) in [4.78, 5) is 11.5. The highest BCUT2D eigenvalue weighted by Gasteiger charge is 2.29. The topological polar surface area (TPSA) is 56.8 Å². The Labute approximate surface area is 130 Å². The third-order valence-corrected chi connectivity index (χ3v) is 3.09. The van der Waals surface area contributed by atoms with E-state index in [1.807, 2.05) is 0 Å². The first kappa shape index (κ1) is 18.4. The van der Waals surface area contributed by atoms with Crippen molar-refractivity contribution in [1.82, 2.24) is 0 Å². The second-order valence-electron chi connectivity index (χ2n) is 3.99. The minimum absolute atomic E-state index is 0.272. The molecule has 1 aromatic rings. The molecule has 0 saturated carbocycles. The van der Waals surface area contributed by atoms with E-state index in [9.17, 15) is 18.0 Å². The molecule has 0 saturated heterocycles. The molecule has 0 fully saturated rings. The second kappa shape index (κ2) is 8.74. The molecule has 1 rings (SSSR count). The zero-order valence-electron chi connectivity index (χ0n) is 12.0. The zero-order chi connectivity index (χ0) is 16.6. The number of alkyl halides is 3. The summed E-state index contributed by atoms with van der Waals surface area (Å²) >= 11 is -0.395. The van der Waals surface area contributed by atoms with E-state index in [1.165, 1.54) is 26.4 Å². The van der Waals surface area contributed by atoms with Crippen LogP contribution in [0.15, 0.2) is 18.2 Å². The Morgan fingerprint density at radius 2 is 1.95 bits per heavy atom. The number of carbonyl (C=O) groups is 1. The molecule has 0 aliphatic carbocycles. The van der Waals surface area contributed by atoms with E-state index in [1.54, 1.807) is 6.07 Å². The van der Waals surface area contributed by atoms with Crippen molar-refractivity contribution in [1.29, 1.82) is 0 Å². The number of thioether (sulfide) groups is 1. The Bertz CT molecular complexity index is 497. The van der Waals surface area contributed by atoms with E-state index in [2.05, 4.69) is 5.32 Å². The van der Waals surface area contributed by atoms with Crippen LogP contribution in [-0.4, -0.2) is 44.6 Å². The Morgan fingerprint density at radius 3 is 2.55 bits per heavy atom. The molecule has 0 heterocycles. The average molecular weight is 339 g/mol. The number of hydrogen-bond donors (Lipinski definition) is 1. The van der Waals surface area contributed by atoms with Crippen molar-refractivity contribution < 1.29 is 32.2 Å². The zero-order valence-corrected chi connectivity index (χ0v) is 12.8. The van der Waals surface area contributed by atoms with Crippen LogP contribution in [-0.2, 0) is 9.53 Å². The van der Waals surface area contributed by atoms with Crippen LogP contribution in [0.25, 0.3) is 0 Å². The largest absolute Gasteiger partial charge is 0.493 e. The standard InChI is InChI=1S/C13H16F3NO4S/c1-19-5-6-21-11-7-9(3-4-10(11)20-2)17-12(18)8-22-13(14,15)16/h3-4,7H,5-6,8H2,1-2H3,(H,17,18). The molecule has 0 radical (unpaired) electrons. The minimum atomic E-state index is -4.44. The highest BCUT2D eigenvalue weighted by atomic mass is 32.2. The van der Waals surface area contributed by atoms with Crippen LogP contribution in [0.5, 0.6) is 11.5 Å². The number of halogens is 3. The van der Waals surface area contributed by atoms with Gasteiger partial charge in [0.15, 0.2) is 11.5 Å². The molecule has 0 atom stereocenters. The predicted octanol–water partition coefficient (Wildman–Crippen LogP) is 2.91. The number of amides is 1. The van der Waals surface area contributed by atoms with Gasteiger partial charge in [-0.15, -0.1) is 0 Å². The van der Waals surface area contributed by atoms with Crippen molar-refractivity contribution in [3.8, 4) is 11.5 Å². The van der Waals surface area contributed by atoms with Gasteiger partial charge in [0, 0.05) is 18.9 Å². The maximum absolute atomic E-state index is 12.0. The Morgan fingerprint density at radius 1 is 1.23 bits per heavy atom. The number of benzene rings is 1. The third-order valence-electron chi connectivity index (χ3n) is 2.36. The van der Waals surface area contributed by atoms with Gasteiger partial charge in [0.05, 0.1) is 19.5 Å². The first-order chi connectivity index (χ1) is 10.4. The first-order valence-corrected chi connectivity index (χ1v) is 7.14. The van der Waals surface area contributed by atoms with Crippen molar-refractivity contribution in [3.05, 3.63) is 18.2 Å². The molecule has 0 aliphatic rings. The number of hydrogen-bond acceptors (Lipinski definition) is 5. The lowest BCUT2D eigenvalue weighted by atomic mass is 10.2. The van der Waals surface area contributed by atoms with Gasteiger partial charge in [-0.1, -0.05) is 0 Å². The second-order valence-corrected chi connectivity index (χ2v) is 5.03. The van der Waals surface area contributed by atoms with Crippen molar-refractivity contribution in [2.45, 2.75) is 5.51 Å². The van der Waals surface area contributed by atoms with E-state index in [0.29, 0.717) is 23.8 Å². The van der Waals surface area contributed by atoms with Crippen LogP contribution in [0.3, 0.4) is 0 Å². The molecule has 0 unspecified atom stereocenters. The summed E-state index contributed by atoms with van der Waals surface area (Å²) in [5.41, 5.74) is -4.12. The van der Waals surface area contributed by atoms with Crippen LogP contribution in [0.1, 0.15) is 0 Å². The predicted molar refractivity (Wildman–Crippen MR) is 77.5 cm³/mol. The highest BCUT2D eigenvalue weighted by molar-refractivity contribution is 8.00. The van der Waals surface area contributed by atoms with Gasteiger partial charge in [-0.2, -0.15) is 13.2 Å². The number of methoxy groups -OCH3 is 2. The lowest BCUT2D eigenvalue weighted by molar-refractivity contribution is -0.114. The number of nitrogens with one attached hydrogen (secondary N) is 1. The molecule has 124 valence electrons. The number of ether oxygens (including phenoxy) is 3. The molecule has 0 aliphatic heterocycles. The fraction of sp³-hybridized carbons (Fsp3) is 0.462. The minimum Gasteiger partial charge on any atom is -0.493 e. The van der Waals surface area contributed by atoms with Gasteiger partial charge < -0.3 is 19.5 Å². The van der Waals surface area contributed by atoms with Crippen molar-refractivity contribution in [2.24, 2.45) is 0 Å². The van der Waals surface area contributed by atoms with Crippen LogP contribution >= 0.6 is 11.8 Å². The first-order valence-electron chi connectivity index (χ1n) is 6.16. The number of rotatable bonds is 8. The van der Waals surface area contributed by atoms with E-state index >= 15 is 0 Å². The molecule has 0 aromatic heterocycles. The molecule has 1 amide bonds.